The summed E-state index contributed by atoms with van der Waals surface area (Å²) in [5.74, 6) is -0.824. The number of rotatable bonds is 18. The van der Waals surface area contributed by atoms with Crippen LogP contribution >= 0.6 is 0 Å². The van der Waals surface area contributed by atoms with Crippen LogP contribution in [0.5, 0.6) is 0 Å². The molecule has 0 aromatic rings. The second kappa shape index (κ2) is 15.3. The van der Waals surface area contributed by atoms with E-state index in [1.807, 2.05) is 0 Å². The summed E-state index contributed by atoms with van der Waals surface area (Å²) in [7, 11) is 0. The van der Waals surface area contributed by atoms with Crippen LogP contribution in [0.15, 0.2) is 0 Å². The highest BCUT2D eigenvalue weighted by molar-refractivity contribution is 5.70. The standard InChI is InChI=1S/C28H55NO2/c1-6-7-8-9-10-11-12-13-14-15-16-17-18-19-20-21-22-29-27(2,3)23-25(26(30)31)24-28(29,4)5/h25H,6-24H2,1-5H3,(H,30,31). The van der Waals surface area contributed by atoms with Crippen molar-refractivity contribution in [3.05, 3.63) is 0 Å². The molecule has 0 saturated carbocycles. The lowest BCUT2D eigenvalue weighted by molar-refractivity contribution is -0.150. The fourth-order valence-electron chi connectivity index (χ4n) is 5.92. The van der Waals surface area contributed by atoms with Crippen molar-refractivity contribution < 1.29 is 9.90 Å². The SMILES string of the molecule is CCCCCCCCCCCCCCCCCCN1C(C)(C)CC(C(=O)O)CC1(C)C. The van der Waals surface area contributed by atoms with Crippen LogP contribution < -0.4 is 0 Å². The Labute approximate surface area is 194 Å². The van der Waals surface area contributed by atoms with Crippen molar-refractivity contribution in [1.82, 2.24) is 4.90 Å². The van der Waals surface area contributed by atoms with Gasteiger partial charge < -0.3 is 5.11 Å². The summed E-state index contributed by atoms with van der Waals surface area (Å²) >= 11 is 0. The Kier molecular flexibility index (Phi) is 14.0. The van der Waals surface area contributed by atoms with E-state index in [1.54, 1.807) is 0 Å². The van der Waals surface area contributed by atoms with Crippen LogP contribution in [0.2, 0.25) is 0 Å². The largest absolute Gasteiger partial charge is 0.481 e. The lowest BCUT2D eigenvalue weighted by Crippen LogP contribution is -2.61. The fourth-order valence-corrected chi connectivity index (χ4v) is 5.92. The second-order valence-electron chi connectivity index (χ2n) is 11.5. The molecule has 31 heavy (non-hydrogen) atoms. The molecule has 3 heteroatoms. The van der Waals surface area contributed by atoms with E-state index in [1.165, 1.54) is 103 Å². The smallest absolute Gasteiger partial charge is 0.306 e. The first kappa shape index (κ1) is 28.5. The molecule has 0 bridgehead atoms. The van der Waals surface area contributed by atoms with Gasteiger partial charge in [-0.1, -0.05) is 103 Å². The van der Waals surface area contributed by atoms with Crippen LogP contribution in [-0.4, -0.2) is 33.6 Å². The van der Waals surface area contributed by atoms with E-state index in [0.29, 0.717) is 0 Å². The predicted octanol–water partition coefficient (Wildman–Crippen LogP) is 8.60. The monoisotopic (exact) mass is 437 g/mol. The topological polar surface area (TPSA) is 40.5 Å². The van der Waals surface area contributed by atoms with Gasteiger partial charge in [0.1, 0.15) is 0 Å². The highest BCUT2D eigenvalue weighted by atomic mass is 16.4. The Hall–Kier alpha value is -0.570. The zero-order valence-corrected chi connectivity index (χ0v) is 21.8. The molecule has 1 rings (SSSR count). The van der Waals surface area contributed by atoms with Gasteiger partial charge in [-0.15, -0.1) is 0 Å². The van der Waals surface area contributed by atoms with Crippen molar-refractivity contribution in [2.75, 3.05) is 6.54 Å². The quantitative estimate of drug-likeness (QED) is 0.218. The third-order valence-electron chi connectivity index (χ3n) is 7.54. The molecule has 1 saturated heterocycles. The van der Waals surface area contributed by atoms with Crippen LogP contribution in [0.3, 0.4) is 0 Å². The first-order valence-corrected chi connectivity index (χ1v) is 13.7. The van der Waals surface area contributed by atoms with Crippen LogP contribution in [0.4, 0.5) is 0 Å². The molecule has 0 aromatic heterocycles. The average molecular weight is 438 g/mol. The molecule has 1 fully saturated rings. The number of hydrogen-bond donors (Lipinski definition) is 1. The lowest BCUT2D eigenvalue weighted by Gasteiger charge is -2.54. The average Bonchev–Trinajstić information content (AvgIpc) is 2.68. The van der Waals surface area contributed by atoms with Crippen LogP contribution in [0.25, 0.3) is 0 Å². The molecule has 0 atom stereocenters. The number of likely N-dealkylation sites (tertiary alicyclic amines) is 1. The third kappa shape index (κ3) is 11.7. The van der Waals surface area contributed by atoms with Gasteiger partial charge in [0.25, 0.3) is 0 Å². The van der Waals surface area contributed by atoms with Crippen molar-refractivity contribution in [1.29, 1.82) is 0 Å². The maximum Gasteiger partial charge on any atom is 0.306 e. The van der Waals surface area contributed by atoms with Crippen molar-refractivity contribution in [3.8, 4) is 0 Å². The van der Waals surface area contributed by atoms with E-state index >= 15 is 0 Å². The van der Waals surface area contributed by atoms with Gasteiger partial charge in [0.15, 0.2) is 0 Å². The molecule has 0 amide bonds. The van der Waals surface area contributed by atoms with Gasteiger partial charge in [0.2, 0.25) is 0 Å². The normalized spacial score (nSPS) is 19.0. The Bertz CT molecular complexity index is 454. The number of unbranched alkanes of at least 4 members (excludes halogenated alkanes) is 15. The van der Waals surface area contributed by atoms with Gasteiger partial charge in [-0.05, 0) is 53.5 Å². The maximum absolute atomic E-state index is 11.5. The molecule has 0 unspecified atom stereocenters. The van der Waals surface area contributed by atoms with E-state index in [-0.39, 0.29) is 17.0 Å². The van der Waals surface area contributed by atoms with E-state index in [9.17, 15) is 9.90 Å². The maximum atomic E-state index is 11.5. The summed E-state index contributed by atoms with van der Waals surface area (Å²) in [4.78, 5) is 14.1. The van der Waals surface area contributed by atoms with Crippen molar-refractivity contribution >= 4 is 5.97 Å². The molecular formula is C28H55NO2. The van der Waals surface area contributed by atoms with E-state index in [4.69, 9.17) is 0 Å². The Morgan fingerprint density at radius 3 is 1.32 bits per heavy atom. The number of carboxylic acid groups (broad SMARTS) is 1. The summed E-state index contributed by atoms with van der Waals surface area (Å²) in [6, 6.07) is 0. The molecule has 1 heterocycles. The summed E-state index contributed by atoms with van der Waals surface area (Å²) in [6.45, 7) is 12.3. The van der Waals surface area contributed by atoms with Crippen LogP contribution in [0.1, 0.15) is 150 Å². The van der Waals surface area contributed by atoms with Gasteiger partial charge in [-0.25, -0.2) is 0 Å². The van der Waals surface area contributed by atoms with Crippen molar-refractivity contribution in [3.63, 3.8) is 0 Å². The highest BCUT2D eigenvalue weighted by Crippen LogP contribution is 2.41. The Morgan fingerprint density at radius 1 is 0.677 bits per heavy atom. The van der Waals surface area contributed by atoms with E-state index < -0.39 is 5.97 Å². The minimum absolute atomic E-state index is 0.0275. The molecule has 184 valence electrons. The predicted molar refractivity (Wildman–Crippen MR) is 135 cm³/mol. The molecular weight excluding hydrogens is 382 g/mol. The highest BCUT2D eigenvalue weighted by Gasteiger charge is 2.46. The van der Waals surface area contributed by atoms with Gasteiger partial charge >= 0.3 is 5.97 Å². The van der Waals surface area contributed by atoms with Gasteiger partial charge in [0, 0.05) is 11.1 Å². The molecule has 0 spiro atoms. The van der Waals surface area contributed by atoms with Gasteiger partial charge in [-0.3, -0.25) is 9.69 Å². The number of piperidine rings is 1. The molecule has 0 aliphatic carbocycles. The van der Waals surface area contributed by atoms with Crippen molar-refractivity contribution in [2.24, 2.45) is 5.92 Å². The van der Waals surface area contributed by atoms with E-state index in [2.05, 4.69) is 39.5 Å². The molecule has 0 aromatic carbocycles. The number of nitrogens with zero attached hydrogens (tertiary/aromatic N) is 1. The number of aliphatic carboxylic acids is 1. The second-order valence-corrected chi connectivity index (χ2v) is 11.5. The molecule has 3 nitrogen and oxygen atoms in total. The summed E-state index contributed by atoms with van der Waals surface area (Å²) in [5.41, 5.74) is -0.0549. The zero-order valence-electron chi connectivity index (χ0n) is 21.8. The Balaban J connectivity index is 2.01. The fraction of sp³-hybridized carbons (Fsp3) is 0.964. The summed E-state index contributed by atoms with van der Waals surface area (Å²) < 4.78 is 0. The Morgan fingerprint density at radius 2 is 1.00 bits per heavy atom. The minimum Gasteiger partial charge on any atom is -0.481 e. The minimum atomic E-state index is -0.622. The first-order valence-electron chi connectivity index (χ1n) is 13.7. The van der Waals surface area contributed by atoms with E-state index in [0.717, 1.165) is 19.4 Å². The summed E-state index contributed by atoms with van der Waals surface area (Å²) in [6.07, 6.45) is 23.9. The number of carbonyl (C=O) groups is 1. The molecule has 1 aliphatic heterocycles. The van der Waals surface area contributed by atoms with Crippen LogP contribution in [-0.2, 0) is 4.79 Å². The molecule has 0 radical (unpaired) electrons. The van der Waals surface area contributed by atoms with Crippen molar-refractivity contribution in [2.45, 2.75) is 161 Å². The number of carboxylic acids is 1. The molecule has 1 aliphatic rings. The summed E-state index contributed by atoms with van der Waals surface area (Å²) in [5, 5.41) is 9.50. The molecule has 1 N–H and O–H groups in total. The van der Waals surface area contributed by atoms with Gasteiger partial charge in [-0.2, -0.15) is 0 Å². The first-order chi connectivity index (χ1) is 14.7. The van der Waals surface area contributed by atoms with Crippen LogP contribution in [0, 0.1) is 5.92 Å². The number of hydrogen-bond acceptors (Lipinski definition) is 2. The third-order valence-corrected chi connectivity index (χ3v) is 7.54. The lowest BCUT2D eigenvalue weighted by atomic mass is 9.73. The zero-order chi connectivity index (χ0) is 23.2. The van der Waals surface area contributed by atoms with Gasteiger partial charge in [0.05, 0.1) is 5.92 Å².